The van der Waals surface area contributed by atoms with Crippen molar-refractivity contribution >= 4 is 11.8 Å². The predicted molar refractivity (Wildman–Crippen MR) is 81.4 cm³/mol. The molecule has 20 heavy (non-hydrogen) atoms. The molecule has 0 aliphatic carbocycles. The van der Waals surface area contributed by atoms with Crippen molar-refractivity contribution in [1.29, 1.82) is 0 Å². The van der Waals surface area contributed by atoms with Crippen LogP contribution in [0.3, 0.4) is 0 Å². The zero-order valence-corrected chi connectivity index (χ0v) is 13.0. The van der Waals surface area contributed by atoms with Crippen molar-refractivity contribution in [2.75, 3.05) is 38.5 Å². The van der Waals surface area contributed by atoms with Gasteiger partial charge < -0.3 is 4.52 Å². The lowest BCUT2D eigenvalue weighted by Gasteiger charge is -2.32. The molecule has 1 aromatic heterocycles. The Hall–Kier alpha value is -1.03. The van der Waals surface area contributed by atoms with Crippen molar-refractivity contribution < 1.29 is 4.52 Å². The van der Waals surface area contributed by atoms with Gasteiger partial charge >= 0.3 is 0 Å². The van der Waals surface area contributed by atoms with Gasteiger partial charge in [0, 0.05) is 26.2 Å². The zero-order chi connectivity index (χ0) is 14.4. The maximum absolute atomic E-state index is 5.35. The summed E-state index contributed by atoms with van der Waals surface area (Å²) in [5, 5.41) is 4.37. The molecule has 0 radical (unpaired) electrons. The third kappa shape index (κ3) is 4.23. The van der Waals surface area contributed by atoms with Crippen LogP contribution in [-0.4, -0.2) is 58.4 Å². The van der Waals surface area contributed by atoms with Gasteiger partial charge in [-0.2, -0.15) is 16.7 Å². The smallest absolute Gasteiger partial charge is 0.240 e. The van der Waals surface area contributed by atoms with Crippen molar-refractivity contribution in [3.05, 3.63) is 11.7 Å². The Labute approximate surface area is 125 Å². The van der Waals surface area contributed by atoms with E-state index in [1.165, 1.54) is 0 Å². The van der Waals surface area contributed by atoms with Crippen LogP contribution in [0.2, 0.25) is 0 Å². The SMILES string of the molecule is C#CCN1CCN(Cc2nc([C@@H](C)SCC)no2)CC1. The molecule has 1 fully saturated rings. The number of hydrogen-bond donors (Lipinski definition) is 0. The maximum atomic E-state index is 5.35. The fourth-order valence-electron chi connectivity index (χ4n) is 2.25. The maximum Gasteiger partial charge on any atom is 0.240 e. The van der Waals surface area contributed by atoms with E-state index in [1.54, 1.807) is 0 Å². The zero-order valence-electron chi connectivity index (χ0n) is 12.2. The number of aromatic nitrogens is 2. The van der Waals surface area contributed by atoms with Gasteiger partial charge in [0.05, 0.1) is 18.3 Å². The number of hydrogen-bond acceptors (Lipinski definition) is 6. The van der Waals surface area contributed by atoms with Crippen molar-refractivity contribution in [2.24, 2.45) is 0 Å². The molecule has 0 aromatic carbocycles. The van der Waals surface area contributed by atoms with Crippen LogP contribution in [0.25, 0.3) is 0 Å². The molecule has 0 unspecified atom stereocenters. The lowest BCUT2D eigenvalue weighted by atomic mass is 10.3. The first-order chi connectivity index (χ1) is 9.72. The fourth-order valence-corrected chi connectivity index (χ4v) is 2.99. The van der Waals surface area contributed by atoms with Crippen LogP contribution in [0.5, 0.6) is 0 Å². The van der Waals surface area contributed by atoms with E-state index in [-0.39, 0.29) is 0 Å². The second-order valence-electron chi connectivity index (χ2n) is 4.90. The minimum Gasteiger partial charge on any atom is -0.338 e. The summed E-state index contributed by atoms with van der Waals surface area (Å²) in [7, 11) is 0. The number of nitrogens with zero attached hydrogens (tertiary/aromatic N) is 4. The number of rotatable bonds is 6. The van der Waals surface area contributed by atoms with Gasteiger partial charge in [-0.05, 0) is 12.7 Å². The van der Waals surface area contributed by atoms with Crippen LogP contribution in [0.15, 0.2) is 4.52 Å². The quantitative estimate of drug-likeness (QED) is 0.743. The van der Waals surface area contributed by atoms with E-state index in [0.717, 1.165) is 50.8 Å². The second-order valence-corrected chi connectivity index (χ2v) is 6.52. The molecule has 0 amide bonds. The van der Waals surface area contributed by atoms with Gasteiger partial charge in [-0.15, -0.1) is 6.42 Å². The van der Waals surface area contributed by atoms with Crippen LogP contribution in [0.1, 0.15) is 30.8 Å². The average molecular weight is 294 g/mol. The Kier molecular flexibility index (Phi) is 5.89. The normalized spacial score (nSPS) is 18.9. The molecule has 0 saturated carbocycles. The topological polar surface area (TPSA) is 45.4 Å². The first kappa shape index (κ1) is 15.4. The molecular formula is C14H22N4OS. The third-order valence-corrected chi connectivity index (χ3v) is 4.45. The molecule has 2 rings (SSSR count). The van der Waals surface area contributed by atoms with Crippen molar-refractivity contribution in [1.82, 2.24) is 19.9 Å². The molecule has 6 heteroatoms. The standard InChI is InChI=1S/C14H22N4OS/c1-4-6-17-7-9-18(10-8-17)11-13-15-14(16-19-13)12(3)20-5-2/h1,12H,5-11H2,2-3H3/t12-/m1/s1. The molecule has 0 N–H and O–H groups in total. The highest BCUT2D eigenvalue weighted by Gasteiger charge is 2.19. The van der Waals surface area contributed by atoms with Gasteiger partial charge in [-0.3, -0.25) is 9.80 Å². The Bertz CT molecular complexity index is 448. The summed E-state index contributed by atoms with van der Waals surface area (Å²) in [6.07, 6.45) is 5.33. The van der Waals surface area contributed by atoms with Crippen LogP contribution in [0, 0.1) is 12.3 Å². The summed E-state index contributed by atoms with van der Waals surface area (Å²) in [6.45, 7) is 9.74. The molecular weight excluding hydrogens is 272 g/mol. The Morgan fingerprint density at radius 3 is 2.70 bits per heavy atom. The highest BCUT2D eigenvalue weighted by atomic mass is 32.2. The van der Waals surface area contributed by atoms with Crippen LogP contribution in [0.4, 0.5) is 0 Å². The Morgan fingerprint density at radius 2 is 2.05 bits per heavy atom. The van der Waals surface area contributed by atoms with Crippen LogP contribution in [-0.2, 0) is 6.54 Å². The van der Waals surface area contributed by atoms with Crippen molar-refractivity contribution in [3.63, 3.8) is 0 Å². The van der Waals surface area contributed by atoms with E-state index in [9.17, 15) is 0 Å². The van der Waals surface area contributed by atoms with Crippen molar-refractivity contribution in [3.8, 4) is 12.3 Å². The fraction of sp³-hybridized carbons (Fsp3) is 0.714. The summed E-state index contributed by atoms with van der Waals surface area (Å²) in [5.74, 6) is 5.27. The number of piperazine rings is 1. The van der Waals surface area contributed by atoms with E-state index >= 15 is 0 Å². The van der Waals surface area contributed by atoms with E-state index in [2.05, 4.69) is 39.7 Å². The number of thioether (sulfide) groups is 1. The van der Waals surface area contributed by atoms with E-state index < -0.39 is 0 Å². The molecule has 110 valence electrons. The molecule has 0 bridgehead atoms. The summed E-state index contributed by atoms with van der Waals surface area (Å²) in [5.41, 5.74) is 0. The monoisotopic (exact) mass is 294 g/mol. The highest BCUT2D eigenvalue weighted by molar-refractivity contribution is 7.99. The molecule has 2 heterocycles. The Balaban J connectivity index is 1.81. The van der Waals surface area contributed by atoms with E-state index in [1.807, 2.05) is 11.8 Å². The minimum atomic E-state index is 0.296. The average Bonchev–Trinajstić information content (AvgIpc) is 2.90. The molecule has 1 aromatic rings. The lowest BCUT2D eigenvalue weighted by Crippen LogP contribution is -2.45. The third-order valence-electron chi connectivity index (χ3n) is 3.40. The molecule has 1 aliphatic heterocycles. The summed E-state index contributed by atoms with van der Waals surface area (Å²) in [6, 6.07) is 0. The van der Waals surface area contributed by atoms with Gasteiger partial charge in [0.25, 0.3) is 0 Å². The summed E-state index contributed by atoms with van der Waals surface area (Å²) < 4.78 is 5.35. The summed E-state index contributed by atoms with van der Waals surface area (Å²) in [4.78, 5) is 9.11. The molecule has 1 aliphatic rings. The number of terminal acetylenes is 1. The minimum absolute atomic E-state index is 0.296. The van der Waals surface area contributed by atoms with Gasteiger partial charge in [0.1, 0.15) is 0 Å². The predicted octanol–water partition coefficient (Wildman–Crippen LogP) is 1.63. The molecule has 1 atom stereocenters. The molecule has 1 saturated heterocycles. The van der Waals surface area contributed by atoms with Crippen molar-refractivity contribution in [2.45, 2.75) is 25.6 Å². The Morgan fingerprint density at radius 1 is 1.35 bits per heavy atom. The molecule has 0 spiro atoms. The van der Waals surface area contributed by atoms with Gasteiger partial charge in [-0.1, -0.05) is 18.0 Å². The van der Waals surface area contributed by atoms with Gasteiger partial charge in [0.2, 0.25) is 5.89 Å². The van der Waals surface area contributed by atoms with Crippen LogP contribution >= 0.6 is 11.8 Å². The largest absolute Gasteiger partial charge is 0.338 e. The van der Waals surface area contributed by atoms with Gasteiger partial charge in [-0.25, -0.2) is 0 Å². The lowest BCUT2D eigenvalue weighted by molar-refractivity contribution is 0.126. The van der Waals surface area contributed by atoms with E-state index in [4.69, 9.17) is 10.9 Å². The van der Waals surface area contributed by atoms with Gasteiger partial charge in [0.15, 0.2) is 5.82 Å². The summed E-state index contributed by atoms with van der Waals surface area (Å²) >= 11 is 1.83. The van der Waals surface area contributed by atoms with E-state index in [0.29, 0.717) is 11.1 Å². The van der Waals surface area contributed by atoms with Crippen LogP contribution < -0.4 is 0 Å². The highest BCUT2D eigenvalue weighted by Crippen LogP contribution is 2.25. The molecule has 5 nitrogen and oxygen atoms in total. The first-order valence-electron chi connectivity index (χ1n) is 7.05. The second kappa shape index (κ2) is 7.67. The first-order valence-corrected chi connectivity index (χ1v) is 8.10.